The van der Waals surface area contributed by atoms with Crippen LogP contribution in [0.15, 0.2) is 30.5 Å². The number of aromatic nitrogens is 1. The van der Waals surface area contributed by atoms with E-state index in [0.29, 0.717) is 0 Å². The Balaban J connectivity index is 2.60. The van der Waals surface area contributed by atoms with Gasteiger partial charge in [-0.05, 0) is 6.07 Å². The number of nitrogens with two attached hydrogens (primary N) is 1. The van der Waals surface area contributed by atoms with Gasteiger partial charge in [-0.25, -0.2) is 13.8 Å². The highest BCUT2D eigenvalue weighted by Crippen LogP contribution is 2.30. The van der Waals surface area contributed by atoms with Crippen LogP contribution in [0.1, 0.15) is 0 Å². The third-order valence-corrected chi connectivity index (χ3v) is 2.35. The topological polar surface area (TPSA) is 48.1 Å². The van der Waals surface area contributed by atoms with Gasteiger partial charge in [0.2, 0.25) is 0 Å². The molecule has 0 unspecified atom stereocenters. The summed E-state index contributed by atoms with van der Waals surface area (Å²) in [5.74, 6) is -1.14. The molecular weight excluding hydrogens is 226 g/mol. The molecule has 0 bridgehead atoms. The number of methoxy groups -OCH3 is 1. The number of nitrogen functional groups attached to an aromatic ring is 1. The summed E-state index contributed by atoms with van der Waals surface area (Å²) >= 11 is 0. The molecule has 0 atom stereocenters. The average molecular weight is 236 g/mol. The fourth-order valence-electron chi connectivity index (χ4n) is 1.52. The number of hydrogen-bond acceptors (Lipinski definition) is 3. The second-order valence-electron chi connectivity index (χ2n) is 3.41. The first-order valence-corrected chi connectivity index (χ1v) is 4.87. The fraction of sp³-hybridized carbons (Fsp3) is 0.0833. The quantitative estimate of drug-likeness (QED) is 0.871. The first kappa shape index (κ1) is 11.3. The van der Waals surface area contributed by atoms with Crippen molar-refractivity contribution in [2.24, 2.45) is 0 Å². The molecule has 1 aromatic carbocycles. The summed E-state index contributed by atoms with van der Waals surface area (Å²) in [7, 11) is 1.35. The average Bonchev–Trinajstić information content (AvgIpc) is 2.30. The molecule has 1 heterocycles. The lowest BCUT2D eigenvalue weighted by Crippen LogP contribution is -1.96. The van der Waals surface area contributed by atoms with Gasteiger partial charge in [0.25, 0.3) is 0 Å². The Morgan fingerprint density at radius 1 is 1.24 bits per heavy atom. The molecule has 3 nitrogen and oxygen atoms in total. The van der Waals surface area contributed by atoms with Crippen LogP contribution < -0.4 is 10.5 Å². The van der Waals surface area contributed by atoms with E-state index >= 15 is 0 Å². The van der Waals surface area contributed by atoms with Crippen LogP contribution in [0.5, 0.6) is 5.75 Å². The lowest BCUT2D eigenvalue weighted by molar-refractivity contribution is 0.387. The highest BCUT2D eigenvalue weighted by molar-refractivity contribution is 5.66. The van der Waals surface area contributed by atoms with E-state index in [2.05, 4.69) is 4.98 Å². The van der Waals surface area contributed by atoms with Crippen LogP contribution in [0.4, 0.5) is 14.6 Å². The third kappa shape index (κ3) is 2.04. The summed E-state index contributed by atoms with van der Waals surface area (Å²) in [6, 6.07) is 5.54. The molecule has 0 amide bonds. The van der Waals surface area contributed by atoms with Gasteiger partial charge < -0.3 is 10.5 Å². The highest BCUT2D eigenvalue weighted by atomic mass is 19.1. The summed E-state index contributed by atoms with van der Waals surface area (Å²) in [6.45, 7) is 0. The molecule has 0 saturated heterocycles. The van der Waals surface area contributed by atoms with E-state index in [9.17, 15) is 8.78 Å². The molecule has 88 valence electrons. The molecule has 0 saturated carbocycles. The van der Waals surface area contributed by atoms with Gasteiger partial charge in [0.05, 0.1) is 7.11 Å². The third-order valence-electron chi connectivity index (χ3n) is 2.35. The second-order valence-corrected chi connectivity index (χ2v) is 3.41. The van der Waals surface area contributed by atoms with Gasteiger partial charge in [0, 0.05) is 23.4 Å². The van der Waals surface area contributed by atoms with Crippen molar-refractivity contribution in [2.45, 2.75) is 0 Å². The minimum atomic E-state index is -0.625. The molecule has 0 aliphatic rings. The largest absolute Gasteiger partial charge is 0.494 e. The Labute approximate surface area is 96.9 Å². The van der Waals surface area contributed by atoms with Crippen LogP contribution in [0.2, 0.25) is 0 Å². The maximum absolute atomic E-state index is 13.9. The van der Waals surface area contributed by atoms with Crippen LogP contribution >= 0.6 is 0 Å². The molecule has 2 N–H and O–H groups in total. The van der Waals surface area contributed by atoms with E-state index in [0.717, 1.165) is 6.07 Å². The van der Waals surface area contributed by atoms with Gasteiger partial charge in [0.1, 0.15) is 11.6 Å². The van der Waals surface area contributed by atoms with Crippen molar-refractivity contribution in [1.29, 1.82) is 0 Å². The molecule has 0 aliphatic carbocycles. The predicted molar refractivity (Wildman–Crippen MR) is 60.6 cm³/mol. The first-order chi connectivity index (χ1) is 8.13. The number of ether oxygens (including phenoxy) is 1. The number of hydrogen-bond donors (Lipinski definition) is 1. The summed E-state index contributed by atoms with van der Waals surface area (Å²) in [4.78, 5) is 3.74. The van der Waals surface area contributed by atoms with Crippen molar-refractivity contribution in [2.75, 3.05) is 12.8 Å². The monoisotopic (exact) mass is 236 g/mol. The van der Waals surface area contributed by atoms with E-state index in [4.69, 9.17) is 10.5 Å². The molecule has 0 aliphatic heterocycles. The predicted octanol–water partition coefficient (Wildman–Crippen LogP) is 2.62. The van der Waals surface area contributed by atoms with Gasteiger partial charge in [0.15, 0.2) is 11.6 Å². The Kier molecular flexibility index (Phi) is 2.91. The van der Waals surface area contributed by atoms with Gasteiger partial charge >= 0.3 is 0 Å². The van der Waals surface area contributed by atoms with Gasteiger partial charge in [-0.1, -0.05) is 12.1 Å². The summed E-state index contributed by atoms with van der Waals surface area (Å²) in [5.41, 5.74) is 5.47. The SMILES string of the molecule is COc1cccc(-c2cnc(N)cc2F)c1F. The van der Waals surface area contributed by atoms with Crippen LogP contribution in [-0.4, -0.2) is 12.1 Å². The lowest BCUT2D eigenvalue weighted by atomic mass is 10.1. The van der Waals surface area contributed by atoms with E-state index in [1.54, 1.807) is 6.07 Å². The zero-order chi connectivity index (χ0) is 12.4. The number of benzene rings is 1. The van der Waals surface area contributed by atoms with Crippen molar-refractivity contribution < 1.29 is 13.5 Å². The molecule has 17 heavy (non-hydrogen) atoms. The molecule has 0 fully saturated rings. The zero-order valence-electron chi connectivity index (χ0n) is 9.08. The molecule has 1 aromatic heterocycles. The van der Waals surface area contributed by atoms with Crippen molar-refractivity contribution in [3.8, 4) is 16.9 Å². The minimum Gasteiger partial charge on any atom is -0.494 e. The Morgan fingerprint density at radius 3 is 2.65 bits per heavy atom. The minimum absolute atomic E-state index is 0.0505. The lowest BCUT2D eigenvalue weighted by Gasteiger charge is -2.08. The normalized spacial score (nSPS) is 10.3. The van der Waals surface area contributed by atoms with Gasteiger partial charge in [-0.2, -0.15) is 0 Å². The maximum Gasteiger partial charge on any atom is 0.173 e. The van der Waals surface area contributed by atoms with Gasteiger partial charge in [-0.15, -0.1) is 0 Å². The molecule has 5 heteroatoms. The molecular formula is C12H10F2N2O. The summed E-state index contributed by atoms with van der Waals surface area (Å²) in [5, 5.41) is 0. The number of pyridine rings is 1. The van der Waals surface area contributed by atoms with Crippen LogP contribution in [0.25, 0.3) is 11.1 Å². The summed E-state index contributed by atoms with van der Waals surface area (Å²) < 4.78 is 32.3. The molecule has 0 radical (unpaired) electrons. The molecule has 2 rings (SSSR count). The van der Waals surface area contributed by atoms with Crippen LogP contribution in [0.3, 0.4) is 0 Å². The van der Waals surface area contributed by atoms with Crippen LogP contribution in [0, 0.1) is 11.6 Å². The highest BCUT2D eigenvalue weighted by Gasteiger charge is 2.14. The van der Waals surface area contributed by atoms with E-state index in [-0.39, 0.29) is 22.7 Å². The number of halogens is 2. The first-order valence-electron chi connectivity index (χ1n) is 4.87. The van der Waals surface area contributed by atoms with E-state index in [1.807, 2.05) is 0 Å². The molecule has 2 aromatic rings. The van der Waals surface area contributed by atoms with Crippen molar-refractivity contribution in [3.63, 3.8) is 0 Å². The van der Waals surface area contributed by atoms with Gasteiger partial charge in [-0.3, -0.25) is 0 Å². The van der Waals surface area contributed by atoms with Crippen molar-refractivity contribution in [3.05, 3.63) is 42.1 Å². The number of rotatable bonds is 2. The Morgan fingerprint density at radius 2 is 2.00 bits per heavy atom. The van der Waals surface area contributed by atoms with Crippen molar-refractivity contribution in [1.82, 2.24) is 4.98 Å². The standard InChI is InChI=1S/C12H10F2N2O/c1-17-10-4-2-3-7(12(10)14)8-6-16-11(15)5-9(8)13/h2-6H,1H3,(H2,15,16). The van der Waals surface area contributed by atoms with Crippen molar-refractivity contribution >= 4 is 5.82 Å². The van der Waals surface area contributed by atoms with E-state index < -0.39 is 11.6 Å². The zero-order valence-corrected chi connectivity index (χ0v) is 9.08. The Bertz CT molecular complexity index is 558. The fourth-order valence-corrected chi connectivity index (χ4v) is 1.52. The number of anilines is 1. The van der Waals surface area contributed by atoms with Crippen LogP contribution in [-0.2, 0) is 0 Å². The van der Waals surface area contributed by atoms with E-state index in [1.165, 1.54) is 25.4 Å². The molecule has 0 spiro atoms. The number of nitrogens with zero attached hydrogens (tertiary/aromatic N) is 1. The maximum atomic E-state index is 13.9. The smallest absolute Gasteiger partial charge is 0.173 e. The second kappa shape index (κ2) is 4.37. The summed E-state index contributed by atoms with van der Waals surface area (Å²) in [6.07, 6.45) is 1.20. The Hall–Kier alpha value is -2.17.